The molecule has 2 amide bonds. The topological polar surface area (TPSA) is 114 Å². The molecule has 50 heavy (non-hydrogen) atoms. The molecule has 0 aromatic heterocycles. The lowest BCUT2D eigenvalue weighted by molar-refractivity contribution is -0.140. The molecule has 0 aliphatic carbocycles. The fourth-order valence-electron chi connectivity index (χ4n) is 5.49. The summed E-state index contributed by atoms with van der Waals surface area (Å²) in [6, 6.07) is 26.9. The van der Waals surface area contributed by atoms with Crippen molar-refractivity contribution in [1.82, 2.24) is 10.2 Å². The molecule has 0 saturated carbocycles. The highest BCUT2D eigenvalue weighted by Gasteiger charge is 2.36. The van der Waals surface area contributed by atoms with Gasteiger partial charge in [-0.1, -0.05) is 54.6 Å². The van der Waals surface area contributed by atoms with E-state index in [1.54, 1.807) is 24.3 Å². The van der Waals surface area contributed by atoms with E-state index in [0.717, 1.165) is 21.0 Å². The molecule has 0 aliphatic rings. The molecule has 0 radical (unpaired) electrons. The van der Waals surface area contributed by atoms with Crippen molar-refractivity contribution >= 4 is 27.5 Å². The number of anilines is 1. The predicted octanol–water partition coefficient (Wildman–Crippen LogP) is 6.16. The van der Waals surface area contributed by atoms with Crippen LogP contribution in [-0.2, 0) is 32.6 Å². The minimum Gasteiger partial charge on any atom is -0.494 e. The normalized spacial score (nSPS) is 12.1. The number of rotatable bonds is 15. The van der Waals surface area contributed by atoms with Crippen molar-refractivity contribution in [2.75, 3.05) is 31.7 Å². The number of carbonyl (C=O) groups excluding carboxylic acids is 2. The number of ether oxygens (including phenoxy) is 3. The molecule has 0 heterocycles. The van der Waals surface area contributed by atoms with E-state index >= 15 is 0 Å². The van der Waals surface area contributed by atoms with E-state index in [2.05, 4.69) is 5.32 Å². The standard InChI is InChI=1S/C39H47N3O7S/c1-8-49-32-20-18-31(19-21-32)42(50(45,46)33-22-23-35(47-6)36(25-33)48-7)27-37(43)41(26-30-17-13-12-14-28(30)2)34(38(44)40-39(3,4)5)24-29-15-10-9-11-16-29/h9-23,25,34H,8,24,26-27H2,1-7H3,(H,40,44)/t34-/m1/s1. The largest absolute Gasteiger partial charge is 0.494 e. The maximum Gasteiger partial charge on any atom is 0.264 e. The molecular weight excluding hydrogens is 655 g/mol. The van der Waals surface area contributed by atoms with Crippen LogP contribution in [0.5, 0.6) is 17.2 Å². The van der Waals surface area contributed by atoms with Crippen molar-refractivity contribution in [1.29, 1.82) is 0 Å². The van der Waals surface area contributed by atoms with Gasteiger partial charge in [0.25, 0.3) is 10.0 Å². The summed E-state index contributed by atoms with van der Waals surface area (Å²) in [5.74, 6) is 0.214. The van der Waals surface area contributed by atoms with Crippen LogP contribution in [-0.4, -0.2) is 64.1 Å². The number of aryl methyl sites for hydroxylation is 1. The second-order valence-electron chi connectivity index (χ2n) is 12.8. The number of nitrogens with one attached hydrogen (secondary N) is 1. The van der Waals surface area contributed by atoms with Crippen molar-refractivity contribution < 1.29 is 32.2 Å². The second-order valence-corrected chi connectivity index (χ2v) is 14.7. The van der Waals surface area contributed by atoms with Gasteiger partial charge in [0.05, 0.1) is 31.4 Å². The van der Waals surface area contributed by atoms with Crippen molar-refractivity contribution in [3.8, 4) is 17.2 Å². The van der Waals surface area contributed by atoms with Crippen molar-refractivity contribution in [3.63, 3.8) is 0 Å². The minimum absolute atomic E-state index is 0.0775. The van der Waals surface area contributed by atoms with E-state index in [9.17, 15) is 18.0 Å². The first-order chi connectivity index (χ1) is 23.8. The average molecular weight is 702 g/mol. The number of benzene rings is 4. The maximum absolute atomic E-state index is 14.8. The number of hydrogen-bond donors (Lipinski definition) is 1. The van der Waals surface area contributed by atoms with E-state index in [0.29, 0.717) is 18.1 Å². The Kier molecular flexibility index (Phi) is 12.5. The van der Waals surface area contributed by atoms with E-state index in [-0.39, 0.29) is 35.2 Å². The van der Waals surface area contributed by atoms with Gasteiger partial charge in [-0.25, -0.2) is 8.42 Å². The van der Waals surface area contributed by atoms with Gasteiger partial charge in [0.15, 0.2) is 11.5 Å². The van der Waals surface area contributed by atoms with Gasteiger partial charge in [-0.05, 0) is 87.7 Å². The van der Waals surface area contributed by atoms with Gasteiger partial charge in [-0.3, -0.25) is 13.9 Å². The van der Waals surface area contributed by atoms with Crippen LogP contribution in [0.1, 0.15) is 44.4 Å². The van der Waals surface area contributed by atoms with Crippen LogP contribution in [0, 0.1) is 6.92 Å². The van der Waals surface area contributed by atoms with Crippen molar-refractivity contribution in [3.05, 3.63) is 114 Å². The number of sulfonamides is 1. The molecule has 11 heteroatoms. The van der Waals surface area contributed by atoms with Crippen LogP contribution >= 0.6 is 0 Å². The van der Waals surface area contributed by atoms with Gasteiger partial charge in [-0.15, -0.1) is 0 Å². The molecule has 4 aromatic carbocycles. The van der Waals surface area contributed by atoms with Gasteiger partial charge >= 0.3 is 0 Å². The Bertz CT molecular complexity index is 1860. The zero-order chi connectivity index (χ0) is 36.5. The quantitative estimate of drug-likeness (QED) is 0.158. The Morgan fingerprint density at radius 3 is 2.08 bits per heavy atom. The molecule has 0 unspecified atom stereocenters. The molecule has 4 rings (SSSR count). The number of methoxy groups -OCH3 is 2. The van der Waals surface area contributed by atoms with Gasteiger partial charge < -0.3 is 24.4 Å². The molecular formula is C39H47N3O7S. The summed E-state index contributed by atoms with van der Waals surface area (Å²) in [4.78, 5) is 30.3. The lowest BCUT2D eigenvalue weighted by Gasteiger charge is -2.35. The Balaban J connectivity index is 1.86. The third-order valence-electron chi connectivity index (χ3n) is 8.03. The lowest BCUT2D eigenvalue weighted by atomic mass is 10.00. The van der Waals surface area contributed by atoms with E-state index < -0.39 is 34.1 Å². The Morgan fingerprint density at radius 2 is 1.48 bits per heavy atom. The highest BCUT2D eigenvalue weighted by Crippen LogP contribution is 2.33. The molecule has 1 atom stereocenters. The van der Waals surface area contributed by atoms with Crippen LogP contribution in [0.3, 0.4) is 0 Å². The first kappa shape index (κ1) is 37.8. The molecule has 0 fully saturated rings. The molecule has 0 bridgehead atoms. The molecule has 4 aromatic rings. The summed E-state index contributed by atoms with van der Waals surface area (Å²) in [6.45, 7) is 9.33. The van der Waals surface area contributed by atoms with Crippen LogP contribution in [0.4, 0.5) is 5.69 Å². The third-order valence-corrected chi connectivity index (χ3v) is 9.80. The zero-order valence-electron chi connectivity index (χ0n) is 29.8. The highest BCUT2D eigenvalue weighted by molar-refractivity contribution is 7.92. The number of amides is 2. The average Bonchev–Trinajstić information content (AvgIpc) is 3.09. The fraction of sp³-hybridized carbons (Fsp3) is 0.333. The Morgan fingerprint density at radius 1 is 0.840 bits per heavy atom. The SMILES string of the molecule is CCOc1ccc(N(CC(=O)N(Cc2ccccc2C)[C@H](Cc2ccccc2)C(=O)NC(C)(C)C)S(=O)(=O)c2ccc(OC)c(OC)c2)cc1. The summed E-state index contributed by atoms with van der Waals surface area (Å²) in [5.41, 5.74) is 2.27. The van der Waals surface area contributed by atoms with Crippen LogP contribution in [0.2, 0.25) is 0 Å². The van der Waals surface area contributed by atoms with Gasteiger partial charge in [0, 0.05) is 24.6 Å². The van der Waals surface area contributed by atoms with Crippen molar-refractivity contribution in [2.24, 2.45) is 0 Å². The Hall–Kier alpha value is -5.03. The first-order valence-electron chi connectivity index (χ1n) is 16.4. The van der Waals surface area contributed by atoms with Crippen molar-refractivity contribution in [2.45, 2.75) is 64.1 Å². The second kappa shape index (κ2) is 16.6. The van der Waals surface area contributed by atoms with Crippen LogP contribution < -0.4 is 23.8 Å². The Labute approximate surface area is 296 Å². The first-order valence-corrected chi connectivity index (χ1v) is 17.9. The molecule has 10 nitrogen and oxygen atoms in total. The molecule has 0 saturated heterocycles. The van der Waals surface area contributed by atoms with Gasteiger partial charge in [-0.2, -0.15) is 0 Å². The minimum atomic E-state index is -4.37. The summed E-state index contributed by atoms with van der Waals surface area (Å²) in [7, 11) is -1.49. The van der Waals surface area contributed by atoms with Gasteiger partial charge in [0.2, 0.25) is 11.8 Å². The molecule has 0 aliphatic heterocycles. The highest BCUT2D eigenvalue weighted by atomic mass is 32.2. The van der Waals surface area contributed by atoms with E-state index in [1.165, 1.54) is 37.3 Å². The monoisotopic (exact) mass is 701 g/mol. The van der Waals surface area contributed by atoms with E-state index in [4.69, 9.17) is 14.2 Å². The fourth-order valence-corrected chi connectivity index (χ4v) is 6.92. The summed E-state index contributed by atoms with van der Waals surface area (Å²) in [5, 5.41) is 3.05. The number of nitrogens with zero attached hydrogens (tertiary/aromatic N) is 2. The molecule has 266 valence electrons. The third kappa shape index (κ3) is 9.56. The number of hydrogen-bond acceptors (Lipinski definition) is 7. The van der Waals surface area contributed by atoms with Gasteiger partial charge in [0.1, 0.15) is 18.3 Å². The molecule has 1 N–H and O–H groups in total. The van der Waals surface area contributed by atoms with Crippen LogP contribution in [0.25, 0.3) is 0 Å². The predicted molar refractivity (Wildman–Crippen MR) is 195 cm³/mol. The maximum atomic E-state index is 14.8. The van der Waals surface area contributed by atoms with Crippen LogP contribution in [0.15, 0.2) is 102 Å². The summed E-state index contributed by atoms with van der Waals surface area (Å²) in [6.07, 6.45) is 0.214. The lowest BCUT2D eigenvalue weighted by Crippen LogP contribution is -2.56. The summed E-state index contributed by atoms with van der Waals surface area (Å²) < 4.78 is 46.4. The zero-order valence-corrected chi connectivity index (χ0v) is 30.6. The summed E-state index contributed by atoms with van der Waals surface area (Å²) >= 11 is 0. The molecule has 0 spiro atoms. The van der Waals surface area contributed by atoms with E-state index in [1.807, 2.05) is 89.2 Å². The number of carbonyl (C=O) groups is 2. The smallest absolute Gasteiger partial charge is 0.264 e.